The fourth-order valence-corrected chi connectivity index (χ4v) is 3.77. The van der Waals surface area contributed by atoms with Crippen LogP contribution < -0.4 is 13.8 Å². The highest BCUT2D eigenvalue weighted by molar-refractivity contribution is 7.92. The van der Waals surface area contributed by atoms with Crippen molar-refractivity contribution in [2.75, 3.05) is 18.5 Å². The summed E-state index contributed by atoms with van der Waals surface area (Å²) in [5, 5.41) is 0. The Bertz CT molecular complexity index is 1030. The highest BCUT2D eigenvalue weighted by Crippen LogP contribution is 2.26. The molecule has 0 amide bonds. The van der Waals surface area contributed by atoms with Gasteiger partial charge in [-0.3, -0.25) is 4.31 Å². The van der Waals surface area contributed by atoms with Crippen molar-refractivity contribution in [3.63, 3.8) is 0 Å². The van der Waals surface area contributed by atoms with Crippen molar-refractivity contribution in [3.05, 3.63) is 84.2 Å². The molecular formula is C21H20FNO4S. The minimum absolute atomic E-state index is 0.0893. The van der Waals surface area contributed by atoms with Crippen molar-refractivity contribution >= 4 is 15.7 Å². The maximum atomic E-state index is 13.6. The van der Waals surface area contributed by atoms with Gasteiger partial charge in [0.1, 0.15) is 23.9 Å². The summed E-state index contributed by atoms with van der Waals surface area (Å²) >= 11 is 0. The normalized spacial score (nSPS) is 11.1. The lowest BCUT2D eigenvalue weighted by Gasteiger charge is -2.20. The maximum absolute atomic E-state index is 13.6. The van der Waals surface area contributed by atoms with Crippen LogP contribution >= 0.6 is 0 Å². The summed E-state index contributed by atoms with van der Waals surface area (Å²) < 4.78 is 51.0. The molecule has 0 radical (unpaired) electrons. The third-order valence-electron chi connectivity index (χ3n) is 4.27. The molecule has 0 aliphatic heterocycles. The second kappa shape index (κ2) is 8.31. The van der Waals surface area contributed by atoms with Crippen LogP contribution in [-0.2, 0) is 16.6 Å². The van der Waals surface area contributed by atoms with E-state index in [1.165, 1.54) is 36.7 Å². The van der Waals surface area contributed by atoms with Crippen molar-refractivity contribution in [1.29, 1.82) is 0 Å². The van der Waals surface area contributed by atoms with Gasteiger partial charge in [0.05, 0.1) is 17.7 Å². The van der Waals surface area contributed by atoms with E-state index in [4.69, 9.17) is 9.47 Å². The van der Waals surface area contributed by atoms with Gasteiger partial charge in [0, 0.05) is 12.6 Å². The average Bonchev–Trinajstić information content (AvgIpc) is 2.73. The Morgan fingerprint density at radius 1 is 0.893 bits per heavy atom. The molecule has 0 aliphatic carbocycles. The molecule has 0 fully saturated rings. The van der Waals surface area contributed by atoms with Gasteiger partial charge in [0.2, 0.25) is 0 Å². The fraction of sp³-hybridized carbons (Fsp3) is 0.143. The van der Waals surface area contributed by atoms with Gasteiger partial charge < -0.3 is 9.47 Å². The molecule has 3 rings (SSSR count). The first-order chi connectivity index (χ1) is 13.4. The highest BCUT2D eigenvalue weighted by atomic mass is 32.2. The topological polar surface area (TPSA) is 55.8 Å². The van der Waals surface area contributed by atoms with Gasteiger partial charge in [-0.15, -0.1) is 0 Å². The van der Waals surface area contributed by atoms with Crippen molar-refractivity contribution in [2.24, 2.45) is 0 Å². The fourth-order valence-electron chi connectivity index (χ4n) is 2.57. The molecule has 0 aliphatic rings. The van der Waals surface area contributed by atoms with Crippen LogP contribution in [0.4, 0.5) is 10.1 Å². The summed E-state index contributed by atoms with van der Waals surface area (Å²) in [5.41, 5.74) is 0.930. The number of benzene rings is 3. The Labute approximate surface area is 164 Å². The molecule has 0 saturated heterocycles. The first kappa shape index (κ1) is 19.7. The second-order valence-corrected chi connectivity index (χ2v) is 7.99. The van der Waals surface area contributed by atoms with Crippen LogP contribution in [0.15, 0.2) is 77.7 Å². The van der Waals surface area contributed by atoms with E-state index in [1.54, 1.807) is 54.6 Å². The molecule has 0 N–H and O–H groups in total. The van der Waals surface area contributed by atoms with Crippen LogP contribution in [0, 0.1) is 5.82 Å². The number of sulfonamides is 1. The number of halogens is 1. The molecule has 3 aromatic carbocycles. The average molecular weight is 401 g/mol. The Kier molecular flexibility index (Phi) is 5.84. The Hall–Kier alpha value is -3.06. The number of nitrogens with zero attached hydrogens (tertiary/aromatic N) is 1. The number of hydrogen-bond donors (Lipinski definition) is 0. The van der Waals surface area contributed by atoms with Crippen LogP contribution in [0.25, 0.3) is 0 Å². The Morgan fingerprint density at radius 3 is 2.11 bits per heavy atom. The molecular weight excluding hydrogens is 381 g/mol. The predicted octanol–water partition coefficient (Wildman–Crippen LogP) is 4.24. The summed E-state index contributed by atoms with van der Waals surface area (Å²) in [6, 6.07) is 19.1. The van der Waals surface area contributed by atoms with Crippen LogP contribution in [0.5, 0.6) is 11.5 Å². The second-order valence-electron chi connectivity index (χ2n) is 6.02. The van der Waals surface area contributed by atoms with E-state index in [0.717, 1.165) is 0 Å². The lowest BCUT2D eigenvalue weighted by atomic mass is 10.2. The van der Waals surface area contributed by atoms with Gasteiger partial charge >= 0.3 is 0 Å². The number of methoxy groups -OCH3 is 1. The van der Waals surface area contributed by atoms with Gasteiger partial charge in [-0.1, -0.05) is 18.2 Å². The first-order valence-electron chi connectivity index (χ1n) is 8.51. The number of rotatable bonds is 7. The van der Waals surface area contributed by atoms with Gasteiger partial charge in [-0.25, -0.2) is 12.8 Å². The quantitative estimate of drug-likeness (QED) is 0.594. The van der Waals surface area contributed by atoms with Gasteiger partial charge in [0.15, 0.2) is 0 Å². The standard InChI is InChI=1S/C21H20FNO4S/c1-23(28(24,25)20-13-11-18(26-2)12-14-20)17-7-9-19(10-8-17)27-15-16-5-3-4-6-21(16)22/h3-14H,15H2,1-2H3. The molecule has 0 saturated carbocycles. The molecule has 146 valence electrons. The first-order valence-corrected chi connectivity index (χ1v) is 9.95. The molecule has 0 spiro atoms. The molecule has 0 bridgehead atoms. The van der Waals surface area contributed by atoms with E-state index in [1.807, 2.05) is 0 Å². The summed E-state index contributed by atoms with van der Waals surface area (Å²) in [6.07, 6.45) is 0. The van der Waals surface area contributed by atoms with E-state index < -0.39 is 10.0 Å². The molecule has 3 aromatic rings. The number of anilines is 1. The zero-order valence-electron chi connectivity index (χ0n) is 15.5. The van der Waals surface area contributed by atoms with Crippen molar-refractivity contribution < 1.29 is 22.3 Å². The summed E-state index contributed by atoms with van der Waals surface area (Å²) in [4.78, 5) is 0.163. The molecule has 0 atom stereocenters. The summed E-state index contributed by atoms with van der Waals surface area (Å²) in [5.74, 6) is 0.768. The van der Waals surface area contributed by atoms with E-state index >= 15 is 0 Å². The predicted molar refractivity (Wildman–Crippen MR) is 106 cm³/mol. The van der Waals surface area contributed by atoms with Gasteiger partial charge in [-0.2, -0.15) is 0 Å². The van der Waals surface area contributed by atoms with E-state index in [2.05, 4.69) is 0 Å². The number of ether oxygens (including phenoxy) is 2. The Balaban J connectivity index is 1.72. The number of hydrogen-bond acceptors (Lipinski definition) is 4. The molecule has 0 heterocycles. The van der Waals surface area contributed by atoms with E-state index in [0.29, 0.717) is 22.7 Å². The van der Waals surface area contributed by atoms with Gasteiger partial charge in [-0.05, 0) is 54.6 Å². The maximum Gasteiger partial charge on any atom is 0.264 e. The zero-order valence-corrected chi connectivity index (χ0v) is 16.3. The van der Waals surface area contributed by atoms with Gasteiger partial charge in [0.25, 0.3) is 10.0 Å². The molecule has 0 unspecified atom stereocenters. The van der Waals surface area contributed by atoms with Crippen LogP contribution in [0.3, 0.4) is 0 Å². The monoisotopic (exact) mass is 401 g/mol. The molecule has 28 heavy (non-hydrogen) atoms. The SMILES string of the molecule is COc1ccc(S(=O)(=O)N(C)c2ccc(OCc3ccccc3F)cc2)cc1. The van der Waals surface area contributed by atoms with Crippen molar-refractivity contribution in [1.82, 2.24) is 0 Å². The summed E-state index contributed by atoms with van der Waals surface area (Å²) in [6.45, 7) is 0.0893. The lowest BCUT2D eigenvalue weighted by molar-refractivity contribution is 0.300. The third-order valence-corrected chi connectivity index (χ3v) is 6.07. The van der Waals surface area contributed by atoms with E-state index in [-0.39, 0.29) is 17.3 Å². The van der Waals surface area contributed by atoms with Crippen LogP contribution in [0.2, 0.25) is 0 Å². The smallest absolute Gasteiger partial charge is 0.264 e. The zero-order chi connectivity index (χ0) is 20.1. The van der Waals surface area contributed by atoms with Crippen LogP contribution in [0.1, 0.15) is 5.56 Å². The largest absolute Gasteiger partial charge is 0.497 e. The minimum atomic E-state index is -3.70. The third kappa shape index (κ3) is 4.26. The van der Waals surface area contributed by atoms with Crippen LogP contribution in [-0.4, -0.2) is 22.6 Å². The molecule has 5 nitrogen and oxygen atoms in total. The van der Waals surface area contributed by atoms with Crippen molar-refractivity contribution in [3.8, 4) is 11.5 Å². The molecule has 0 aromatic heterocycles. The molecule has 7 heteroatoms. The summed E-state index contributed by atoms with van der Waals surface area (Å²) in [7, 11) is -0.703. The lowest BCUT2D eigenvalue weighted by Crippen LogP contribution is -2.26. The van der Waals surface area contributed by atoms with E-state index in [9.17, 15) is 12.8 Å². The van der Waals surface area contributed by atoms with Crippen molar-refractivity contribution in [2.45, 2.75) is 11.5 Å². The highest BCUT2D eigenvalue weighted by Gasteiger charge is 2.21. The Morgan fingerprint density at radius 2 is 1.50 bits per heavy atom. The minimum Gasteiger partial charge on any atom is -0.497 e.